The summed E-state index contributed by atoms with van der Waals surface area (Å²) in [7, 11) is 2.11. The zero-order valence-electron chi connectivity index (χ0n) is 12.2. The van der Waals surface area contributed by atoms with E-state index < -0.39 is 5.54 Å². The van der Waals surface area contributed by atoms with E-state index in [4.69, 9.17) is 0 Å². The summed E-state index contributed by atoms with van der Waals surface area (Å²) in [5, 5.41) is 12.8. The van der Waals surface area contributed by atoms with Crippen LogP contribution in [0.2, 0.25) is 0 Å². The van der Waals surface area contributed by atoms with Gasteiger partial charge >= 0.3 is 0 Å². The van der Waals surface area contributed by atoms with Crippen molar-refractivity contribution in [2.75, 3.05) is 13.6 Å². The van der Waals surface area contributed by atoms with Crippen LogP contribution in [0, 0.1) is 16.7 Å². The van der Waals surface area contributed by atoms with Crippen LogP contribution in [0.5, 0.6) is 0 Å². The molecule has 1 N–H and O–H groups in total. The quantitative estimate of drug-likeness (QED) is 0.798. The molecule has 0 amide bonds. The van der Waals surface area contributed by atoms with Crippen LogP contribution in [0.15, 0.2) is 0 Å². The maximum atomic E-state index is 9.36. The second-order valence-corrected chi connectivity index (χ2v) is 6.82. The van der Waals surface area contributed by atoms with Gasteiger partial charge in [-0.25, -0.2) is 0 Å². The molecule has 1 rings (SSSR count). The van der Waals surface area contributed by atoms with Gasteiger partial charge in [0.1, 0.15) is 5.54 Å². The Morgan fingerprint density at radius 1 is 1.35 bits per heavy atom. The fourth-order valence-electron chi connectivity index (χ4n) is 2.09. The maximum absolute atomic E-state index is 9.36. The predicted octanol–water partition coefficient (Wildman–Crippen LogP) is 2.39. The molecule has 17 heavy (non-hydrogen) atoms. The van der Waals surface area contributed by atoms with Crippen LogP contribution >= 0.6 is 0 Å². The van der Waals surface area contributed by atoms with Gasteiger partial charge in [0.25, 0.3) is 0 Å². The summed E-state index contributed by atoms with van der Waals surface area (Å²) in [6, 6.07) is 3.46. The molecule has 0 bridgehead atoms. The van der Waals surface area contributed by atoms with Crippen LogP contribution in [0.3, 0.4) is 0 Å². The van der Waals surface area contributed by atoms with E-state index in [1.54, 1.807) is 0 Å². The standard InChI is InChI=1S/C14H27N3/c1-11(13(2,3)4)17(6)10-14(5,9-15)16-12-7-8-12/h11-12,16H,7-8,10H2,1-6H3. The Hall–Kier alpha value is -0.590. The minimum Gasteiger partial charge on any atom is -0.300 e. The normalized spacial score (nSPS) is 22.0. The molecule has 2 atom stereocenters. The van der Waals surface area contributed by atoms with E-state index in [1.807, 2.05) is 6.92 Å². The van der Waals surface area contributed by atoms with Crippen LogP contribution in [0.4, 0.5) is 0 Å². The van der Waals surface area contributed by atoms with E-state index in [1.165, 1.54) is 12.8 Å². The van der Waals surface area contributed by atoms with E-state index in [0.29, 0.717) is 12.1 Å². The molecule has 98 valence electrons. The third-order valence-electron chi connectivity index (χ3n) is 3.83. The van der Waals surface area contributed by atoms with Crippen molar-refractivity contribution in [3.63, 3.8) is 0 Å². The Kier molecular flexibility index (Phi) is 4.22. The molecule has 0 saturated heterocycles. The molecule has 1 fully saturated rings. The third-order valence-corrected chi connectivity index (χ3v) is 3.83. The number of hydrogen-bond donors (Lipinski definition) is 1. The number of nitrogens with zero attached hydrogens (tertiary/aromatic N) is 2. The molecule has 0 aromatic rings. The minimum atomic E-state index is -0.421. The fraction of sp³-hybridized carbons (Fsp3) is 0.929. The number of nitrogens with one attached hydrogen (secondary N) is 1. The highest BCUT2D eigenvalue weighted by Crippen LogP contribution is 2.26. The third kappa shape index (κ3) is 4.29. The first-order chi connectivity index (χ1) is 7.68. The molecule has 0 aromatic carbocycles. The van der Waals surface area contributed by atoms with Crippen LogP contribution in [0.1, 0.15) is 47.5 Å². The average Bonchev–Trinajstić information content (AvgIpc) is 2.98. The summed E-state index contributed by atoms with van der Waals surface area (Å²) in [4.78, 5) is 2.29. The molecule has 1 aliphatic carbocycles. The molecular formula is C14H27N3. The Bertz CT molecular complexity index is 296. The number of nitriles is 1. The van der Waals surface area contributed by atoms with Crippen LogP contribution in [0.25, 0.3) is 0 Å². The highest BCUT2D eigenvalue weighted by atomic mass is 15.2. The van der Waals surface area contributed by atoms with Crippen molar-refractivity contribution in [1.29, 1.82) is 5.26 Å². The monoisotopic (exact) mass is 237 g/mol. The maximum Gasteiger partial charge on any atom is 0.116 e. The number of rotatable bonds is 5. The zero-order valence-corrected chi connectivity index (χ0v) is 12.2. The Morgan fingerprint density at radius 2 is 1.88 bits per heavy atom. The predicted molar refractivity (Wildman–Crippen MR) is 71.7 cm³/mol. The smallest absolute Gasteiger partial charge is 0.116 e. The molecule has 1 saturated carbocycles. The average molecular weight is 237 g/mol. The molecule has 2 unspecified atom stereocenters. The first-order valence-corrected chi connectivity index (χ1v) is 6.57. The zero-order chi connectivity index (χ0) is 13.3. The molecule has 3 nitrogen and oxygen atoms in total. The lowest BCUT2D eigenvalue weighted by molar-refractivity contribution is 0.119. The Labute approximate surface area is 106 Å². The van der Waals surface area contributed by atoms with Crippen molar-refractivity contribution >= 4 is 0 Å². The first kappa shape index (κ1) is 14.5. The van der Waals surface area contributed by atoms with Crippen molar-refractivity contribution < 1.29 is 0 Å². The van der Waals surface area contributed by atoms with Gasteiger partial charge in [-0.15, -0.1) is 0 Å². The minimum absolute atomic E-state index is 0.241. The Balaban J connectivity index is 2.58. The van der Waals surface area contributed by atoms with E-state index >= 15 is 0 Å². The van der Waals surface area contributed by atoms with Crippen molar-refractivity contribution in [2.45, 2.75) is 65.1 Å². The van der Waals surface area contributed by atoms with Gasteiger partial charge in [0, 0.05) is 18.6 Å². The summed E-state index contributed by atoms with van der Waals surface area (Å²) < 4.78 is 0. The molecule has 1 aliphatic rings. The summed E-state index contributed by atoms with van der Waals surface area (Å²) in [6.45, 7) is 11.7. The van der Waals surface area contributed by atoms with E-state index in [0.717, 1.165) is 6.54 Å². The summed E-state index contributed by atoms with van der Waals surface area (Å²) in [6.07, 6.45) is 2.44. The van der Waals surface area contributed by atoms with Crippen LogP contribution < -0.4 is 5.32 Å². The lowest BCUT2D eigenvalue weighted by Gasteiger charge is -2.39. The molecule has 0 aromatic heterocycles. The summed E-state index contributed by atoms with van der Waals surface area (Å²) in [5.41, 5.74) is -0.180. The van der Waals surface area contributed by atoms with Gasteiger partial charge in [0.2, 0.25) is 0 Å². The largest absolute Gasteiger partial charge is 0.300 e. The van der Waals surface area contributed by atoms with Crippen molar-refractivity contribution in [3.05, 3.63) is 0 Å². The molecule has 3 heteroatoms. The molecule has 0 radical (unpaired) electrons. The van der Waals surface area contributed by atoms with E-state index in [2.05, 4.69) is 51.0 Å². The highest BCUT2D eigenvalue weighted by molar-refractivity contribution is 5.09. The van der Waals surface area contributed by atoms with Gasteiger partial charge in [0.15, 0.2) is 0 Å². The van der Waals surface area contributed by atoms with Gasteiger partial charge in [-0.05, 0) is 39.2 Å². The van der Waals surface area contributed by atoms with Gasteiger partial charge in [-0.2, -0.15) is 5.26 Å². The number of likely N-dealkylation sites (N-methyl/N-ethyl adjacent to an activating group) is 1. The Morgan fingerprint density at radius 3 is 2.24 bits per heavy atom. The second kappa shape index (κ2) is 4.96. The van der Waals surface area contributed by atoms with E-state index in [9.17, 15) is 5.26 Å². The first-order valence-electron chi connectivity index (χ1n) is 6.57. The van der Waals surface area contributed by atoms with E-state index in [-0.39, 0.29) is 5.41 Å². The summed E-state index contributed by atoms with van der Waals surface area (Å²) >= 11 is 0. The molecule has 0 heterocycles. The lowest BCUT2D eigenvalue weighted by atomic mass is 9.86. The lowest BCUT2D eigenvalue weighted by Crippen LogP contribution is -2.54. The fourth-order valence-corrected chi connectivity index (χ4v) is 2.09. The molecule has 0 spiro atoms. The van der Waals surface area contributed by atoms with Gasteiger partial charge in [-0.3, -0.25) is 5.32 Å². The molecular weight excluding hydrogens is 210 g/mol. The van der Waals surface area contributed by atoms with Gasteiger partial charge in [-0.1, -0.05) is 20.8 Å². The highest BCUT2D eigenvalue weighted by Gasteiger charge is 2.35. The van der Waals surface area contributed by atoms with Crippen LogP contribution in [-0.2, 0) is 0 Å². The van der Waals surface area contributed by atoms with Crippen molar-refractivity contribution in [2.24, 2.45) is 5.41 Å². The topological polar surface area (TPSA) is 39.1 Å². The number of hydrogen-bond acceptors (Lipinski definition) is 3. The van der Waals surface area contributed by atoms with Crippen molar-refractivity contribution in [1.82, 2.24) is 10.2 Å². The second-order valence-electron chi connectivity index (χ2n) is 6.82. The van der Waals surface area contributed by atoms with Gasteiger partial charge < -0.3 is 4.90 Å². The van der Waals surface area contributed by atoms with Gasteiger partial charge in [0.05, 0.1) is 6.07 Å². The van der Waals surface area contributed by atoms with Crippen molar-refractivity contribution in [3.8, 4) is 6.07 Å². The SMILES string of the molecule is CC(N(C)CC(C)(C#N)NC1CC1)C(C)(C)C. The van der Waals surface area contributed by atoms with Crippen LogP contribution in [-0.4, -0.2) is 36.1 Å². The summed E-state index contributed by atoms with van der Waals surface area (Å²) in [5.74, 6) is 0. The molecule has 0 aliphatic heterocycles.